The largest absolute Gasteiger partial charge is 0.348 e. The summed E-state index contributed by atoms with van der Waals surface area (Å²) in [7, 11) is 0. The van der Waals surface area contributed by atoms with E-state index in [1.807, 2.05) is 12.1 Å². The highest BCUT2D eigenvalue weighted by atomic mass is 32.2. The predicted molar refractivity (Wildman–Crippen MR) is 95.3 cm³/mol. The number of pyridine rings is 1. The Labute approximate surface area is 149 Å². The van der Waals surface area contributed by atoms with Gasteiger partial charge in [-0.2, -0.15) is 5.10 Å². The summed E-state index contributed by atoms with van der Waals surface area (Å²) >= 11 is 1.73. The van der Waals surface area contributed by atoms with Gasteiger partial charge in [0.05, 0.1) is 6.20 Å². The monoisotopic (exact) mass is 354 g/mol. The summed E-state index contributed by atoms with van der Waals surface area (Å²) in [6.07, 6.45) is 9.24. The van der Waals surface area contributed by atoms with Crippen LogP contribution in [0.4, 0.5) is 0 Å². The van der Waals surface area contributed by atoms with Gasteiger partial charge in [-0.3, -0.25) is 9.89 Å². The van der Waals surface area contributed by atoms with Gasteiger partial charge in [-0.15, -0.1) is 0 Å². The average Bonchev–Trinajstić information content (AvgIpc) is 3.12. The van der Waals surface area contributed by atoms with Crippen LogP contribution in [0.15, 0.2) is 41.9 Å². The molecule has 0 atom stereocenters. The van der Waals surface area contributed by atoms with Crippen LogP contribution in [0.25, 0.3) is 11.0 Å². The van der Waals surface area contributed by atoms with Gasteiger partial charge in [0.25, 0.3) is 5.91 Å². The molecule has 8 heteroatoms. The molecule has 1 aliphatic carbocycles. The lowest BCUT2D eigenvalue weighted by Gasteiger charge is -2.28. The third kappa shape index (κ3) is 3.79. The zero-order valence-electron chi connectivity index (χ0n) is 13.6. The van der Waals surface area contributed by atoms with E-state index in [0.29, 0.717) is 16.6 Å². The van der Waals surface area contributed by atoms with Gasteiger partial charge in [-0.25, -0.2) is 15.0 Å². The molecule has 0 radical (unpaired) electrons. The number of amides is 1. The van der Waals surface area contributed by atoms with E-state index in [2.05, 4.69) is 30.5 Å². The van der Waals surface area contributed by atoms with E-state index in [-0.39, 0.29) is 11.9 Å². The van der Waals surface area contributed by atoms with Crippen LogP contribution in [0.3, 0.4) is 0 Å². The molecule has 7 nitrogen and oxygen atoms in total. The van der Waals surface area contributed by atoms with Gasteiger partial charge < -0.3 is 5.32 Å². The number of carbonyl (C=O) groups is 1. The summed E-state index contributed by atoms with van der Waals surface area (Å²) < 4.78 is 0. The Morgan fingerprint density at radius 1 is 1.16 bits per heavy atom. The van der Waals surface area contributed by atoms with Crippen LogP contribution in [-0.2, 0) is 0 Å². The maximum absolute atomic E-state index is 12.4. The molecule has 2 N–H and O–H groups in total. The lowest BCUT2D eigenvalue weighted by molar-refractivity contribution is 0.0923. The minimum Gasteiger partial charge on any atom is -0.348 e. The van der Waals surface area contributed by atoms with E-state index in [9.17, 15) is 4.79 Å². The van der Waals surface area contributed by atoms with Crippen molar-refractivity contribution in [1.82, 2.24) is 30.5 Å². The smallest absolute Gasteiger partial charge is 0.270 e. The zero-order chi connectivity index (χ0) is 17.1. The summed E-state index contributed by atoms with van der Waals surface area (Å²) in [5.41, 5.74) is 1.06. The zero-order valence-corrected chi connectivity index (χ0v) is 14.4. The van der Waals surface area contributed by atoms with Crippen molar-refractivity contribution in [3.63, 3.8) is 0 Å². The van der Waals surface area contributed by atoms with Crippen LogP contribution >= 0.6 is 11.8 Å². The van der Waals surface area contributed by atoms with E-state index in [1.54, 1.807) is 36.4 Å². The second-order valence-electron chi connectivity index (χ2n) is 6.10. The fourth-order valence-electron chi connectivity index (χ4n) is 3.03. The van der Waals surface area contributed by atoms with Crippen LogP contribution in [0.2, 0.25) is 0 Å². The van der Waals surface area contributed by atoms with Gasteiger partial charge in [0, 0.05) is 29.1 Å². The first-order valence-corrected chi connectivity index (χ1v) is 9.20. The third-order valence-electron chi connectivity index (χ3n) is 4.36. The van der Waals surface area contributed by atoms with Crippen molar-refractivity contribution in [2.45, 2.75) is 42.1 Å². The summed E-state index contributed by atoms with van der Waals surface area (Å²) in [6.45, 7) is 0. The Morgan fingerprint density at radius 2 is 1.96 bits per heavy atom. The van der Waals surface area contributed by atoms with Crippen molar-refractivity contribution < 1.29 is 4.79 Å². The first kappa shape index (κ1) is 16.0. The Balaban J connectivity index is 1.31. The van der Waals surface area contributed by atoms with Crippen LogP contribution in [0, 0.1) is 0 Å². The number of hydrogen-bond acceptors (Lipinski definition) is 6. The summed E-state index contributed by atoms with van der Waals surface area (Å²) in [6, 6.07) is 5.61. The fourth-order valence-corrected chi connectivity index (χ4v) is 4.08. The van der Waals surface area contributed by atoms with Gasteiger partial charge in [0.2, 0.25) is 0 Å². The highest BCUT2D eigenvalue weighted by Gasteiger charge is 2.24. The molecule has 1 aliphatic rings. The second-order valence-corrected chi connectivity index (χ2v) is 7.37. The molecule has 4 rings (SSSR count). The van der Waals surface area contributed by atoms with Gasteiger partial charge in [0.15, 0.2) is 10.8 Å². The van der Waals surface area contributed by atoms with E-state index in [4.69, 9.17) is 0 Å². The molecule has 3 aromatic rings. The van der Waals surface area contributed by atoms with Crippen LogP contribution in [-0.4, -0.2) is 42.3 Å². The van der Waals surface area contributed by atoms with Crippen molar-refractivity contribution in [2.75, 3.05) is 0 Å². The number of nitrogens with zero attached hydrogens (tertiary/aromatic N) is 4. The van der Waals surface area contributed by atoms with Crippen LogP contribution in [0.5, 0.6) is 0 Å². The molecular formula is C17H18N6OS. The molecule has 0 bridgehead atoms. The topological polar surface area (TPSA) is 96.5 Å². The molecule has 3 heterocycles. The Bertz CT molecular complexity index is 860. The van der Waals surface area contributed by atoms with Crippen molar-refractivity contribution in [1.29, 1.82) is 0 Å². The minimum absolute atomic E-state index is 0.126. The molecule has 0 spiro atoms. The standard InChI is InChI=1S/C17H18N6OS/c24-16(14-7-2-11-10-20-23-15(11)22-14)21-12-3-5-13(6-4-12)25-17-18-8-1-9-19-17/h1-2,7-10,12-13H,3-6H2,(H,21,24)(H,20,22,23). The number of hydrogen-bond donors (Lipinski definition) is 2. The van der Waals surface area contributed by atoms with E-state index in [1.165, 1.54) is 0 Å². The minimum atomic E-state index is -0.126. The maximum Gasteiger partial charge on any atom is 0.270 e. The molecule has 3 aromatic heterocycles. The fraction of sp³-hybridized carbons (Fsp3) is 0.353. The number of nitrogens with one attached hydrogen (secondary N) is 2. The van der Waals surface area contributed by atoms with E-state index in [0.717, 1.165) is 36.2 Å². The second kappa shape index (κ2) is 7.18. The Morgan fingerprint density at radius 3 is 2.76 bits per heavy atom. The summed E-state index contributed by atoms with van der Waals surface area (Å²) in [4.78, 5) is 25.3. The summed E-state index contributed by atoms with van der Waals surface area (Å²) in [5.74, 6) is -0.126. The quantitative estimate of drug-likeness (QED) is 0.699. The molecule has 1 fully saturated rings. The van der Waals surface area contributed by atoms with E-state index < -0.39 is 0 Å². The lowest BCUT2D eigenvalue weighted by Crippen LogP contribution is -2.38. The first-order valence-electron chi connectivity index (χ1n) is 8.32. The normalized spacial score (nSPS) is 20.5. The summed E-state index contributed by atoms with van der Waals surface area (Å²) in [5, 5.41) is 12.1. The lowest BCUT2D eigenvalue weighted by atomic mass is 9.95. The van der Waals surface area contributed by atoms with Gasteiger partial charge in [-0.1, -0.05) is 11.8 Å². The highest BCUT2D eigenvalue weighted by molar-refractivity contribution is 7.99. The predicted octanol–water partition coefficient (Wildman–Crippen LogP) is 2.58. The number of H-pyrrole nitrogens is 1. The van der Waals surface area contributed by atoms with E-state index >= 15 is 0 Å². The number of aromatic amines is 1. The molecular weight excluding hydrogens is 336 g/mol. The highest BCUT2D eigenvalue weighted by Crippen LogP contribution is 2.31. The molecule has 0 aliphatic heterocycles. The van der Waals surface area contributed by atoms with Crippen molar-refractivity contribution in [2.24, 2.45) is 0 Å². The molecule has 1 saturated carbocycles. The maximum atomic E-state index is 12.4. The average molecular weight is 354 g/mol. The van der Waals surface area contributed by atoms with Gasteiger partial charge >= 0.3 is 0 Å². The van der Waals surface area contributed by atoms with Crippen molar-refractivity contribution in [3.8, 4) is 0 Å². The molecule has 1 amide bonds. The van der Waals surface area contributed by atoms with Crippen molar-refractivity contribution >= 4 is 28.7 Å². The van der Waals surface area contributed by atoms with Crippen LogP contribution < -0.4 is 5.32 Å². The number of fused-ring (bicyclic) bond motifs is 1. The van der Waals surface area contributed by atoms with Gasteiger partial charge in [0.1, 0.15) is 5.69 Å². The Kier molecular flexibility index (Phi) is 4.60. The number of rotatable bonds is 4. The van der Waals surface area contributed by atoms with Crippen molar-refractivity contribution in [3.05, 3.63) is 42.5 Å². The third-order valence-corrected chi connectivity index (χ3v) is 5.58. The number of aromatic nitrogens is 5. The SMILES string of the molecule is O=C(NC1CCC(Sc2ncccn2)CC1)c1ccc2cn[nH]c2n1. The molecule has 0 aromatic carbocycles. The molecule has 128 valence electrons. The first-order chi connectivity index (χ1) is 12.3. The van der Waals surface area contributed by atoms with Gasteiger partial charge in [-0.05, 0) is 43.9 Å². The number of thioether (sulfide) groups is 1. The number of carbonyl (C=O) groups excluding carboxylic acids is 1. The molecule has 0 saturated heterocycles. The Hall–Kier alpha value is -2.48. The van der Waals surface area contributed by atoms with Crippen LogP contribution in [0.1, 0.15) is 36.2 Å². The molecule has 0 unspecified atom stereocenters. The molecule has 25 heavy (non-hydrogen) atoms.